The molecular formula is C36H53N3O6. The van der Waals surface area contributed by atoms with Crippen molar-refractivity contribution in [2.45, 2.75) is 104 Å². The number of unbranched alkanes of at least 4 members (excludes halogenated alkanes) is 4. The lowest BCUT2D eigenvalue weighted by atomic mass is 9.78. The Balaban J connectivity index is 1.83. The predicted molar refractivity (Wildman–Crippen MR) is 175 cm³/mol. The summed E-state index contributed by atoms with van der Waals surface area (Å²) < 4.78 is 10.5. The molecule has 1 saturated carbocycles. The number of nitrogens with zero attached hydrogens (tertiary/aromatic N) is 1. The lowest BCUT2D eigenvalue weighted by Crippen LogP contribution is -2.60. The van der Waals surface area contributed by atoms with Crippen LogP contribution in [0.4, 0.5) is 4.79 Å². The molecule has 1 saturated heterocycles. The first-order valence-corrected chi connectivity index (χ1v) is 16.3. The molecule has 1 heterocycles. The molecule has 0 bridgehead atoms. The summed E-state index contributed by atoms with van der Waals surface area (Å²) in [6, 6.07) is 6.85. The van der Waals surface area contributed by atoms with Gasteiger partial charge in [0.25, 0.3) is 0 Å². The van der Waals surface area contributed by atoms with E-state index in [1.807, 2.05) is 56.3 Å². The molecule has 45 heavy (non-hydrogen) atoms. The van der Waals surface area contributed by atoms with E-state index in [4.69, 9.17) is 9.47 Å². The number of hydrogen-bond acceptors (Lipinski definition) is 6. The number of allylic oxidation sites excluding steroid dienone is 2. The van der Waals surface area contributed by atoms with Crippen LogP contribution in [0.5, 0.6) is 0 Å². The lowest BCUT2D eigenvalue weighted by Gasteiger charge is -2.39. The van der Waals surface area contributed by atoms with Crippen LogP contribution in [0.1, 0.15) is 84.6 Å². The van der Waals surface area contributed by atoms with Crippen LogP contribution >= 0.6 is 0 Å². The third-order valence-electron chi connectivity index (χ3n) is 9.70. The molecule has 0 radical (unpaired) electrons. The maximum atomic E-state index is 14.5. The van der Waals surface area contributed by atoms with Crippen LogP contribution in [0.2, 0.25) is 0 Å². The second-order valence-electron chi connectivity index (χ2n) is 13.7. The van der Waals surface area contributed by atoms with Gasteiger partial charge in [-0.2, -0.15) is 0 Å². The minimum Gasteiger partial charge on any atom is -0.467 e. The molecule has 1 unspecified atom stereocenters. The summed E-state index contributed by atoms with van der Waals surface area (Å²) in [5.74, 6) is -1.10. The van der Waals surface area contributed by atoms with Crippen molar-refractivity contribution in [3.05, 3.63) is 61.2 Å². The zero-order valence-corrected chi connectivity index (χ0v) is 27.8. The third kappa shape index (κ3) is 9.21. The van der Waals surface area contributed by atoms with Gasteiger partial charge in [-0.05, 0) is 66.8 Å². The van der Waals surface area contributed by atoms with Gasteiger partial charge in [0.15, 0.2) is 0 Å². The lowest BCUT2D eigenvalue weighted by molar-refractivity contribution is -0.148. The molecule has 2 N–H and O–H groups in total. The number of benzene rings is 1. The van der Waals surface area contributed by atoms with E-state index in [9.17, 15) is 19.2 Å². The molecule has 0 aromatic heterocycles. The first-order valence-electron chi connectivity index (χ1n) is 16.3. The molecule has 1 aromatic carbocycles. The van der Waals surface area contributed by atoms with E-state index in [1.165, 1.54) is 7.11 Å². The van der Waals surface area contributed by atoms with Gasteiger partial charge in [0.2, 0.25) is 11.8 Å². The van der Waals surface area contributed by atoms with Crippen molar-refractivity contribution in [1.29, 1.82) is 0 Å². The van der Waals surface area contributed by atoms with Gasteiger partial charge in [-0.15, -0.1) is 13.2 Å². The molecule has 2 fully saturated rings. The molecule has 5 atom stereocenters. The highest BCUT2D eigenvalue weighted by Gasteiger charge is 2.70. The topological polar surface area (TPSA) is 114 Å². The van der Waals surface area contributed by atoms with Crippen LogP contribution < -0.4 is 10.6 Å². The number of ether oxygens (including phenoxy) is 2. The zero-order valence-electron chi connectivity index (χ0n) is 27.8. The van der Waals surface area contributed by atoms with Crippen molar-refractivity contribution in [2.75, 3.05) is 13.7 Å². The zero-order chi connectivity index (χ0) is 33.2. The van der Waals surface area contributed by atoms with Crippen LogP contribution in [0.15, 0.2) is 55.6 Å². The number of nitrogens with one attached hydrogen (secondary N) is 2. The number of methoxy groups -OCH3 is 1. The molecule has 1 aliphatic carbocycles. The fourth-order valence-corrected chi connectivity index (χ4v) is 6.75. The summed E-state index contributed by atoms with van der Waals surface area (Å²) in [6.07, 6.45) is 9.12. The van der Waals surface area contributed by atoms with Gasteiger partial charge < -0.3 is 25.0 Å². The number of hydrogen-bond donors (Lipinski definition) is 2. The van der Waals surface area contributed by atoms with Gasteiger partial charge in [0.05, 0.1) is 7.11 Å². The van der Waals surface area contributed by atoms with Gasteiger partial charge in [0, 0.05) is 6.54 Å². The maximum absolute atomic E-state index is 14.5. The largest absolute Gasteiger partial charge is 0.467 e. The molecular weight excluding hydrogens is 570 g/mol. The molecule has 2 aliphatic rings. The number of esters is 1. The standard InChI is InChI=1S/C36H53N3O6/c1-8-10-12-17-21-27(33(42)44-7)37-31(40)29-28-26(36(28,5)6)23-39(29)32(41)30(35(3,4)22-18-13-11-9-2)38-34(43)45-24-25-19-15-14-16-20-25/h8-9,14-16,19-20,26-30H,1-2,10-13,17-18,21-24H2,3-7H3,(H,37,40)(H,38,43)/t26?,27-,28-,29-,30+/m0/s1. The quantitative estimate of drug-likeness (QED) is 0.119. The number of carbonyl (C=O) groups is 4. The number of carbonyl (C=O) groups excluding carboxylic acids is 4. The summed E-state index contributed by atoms with van der Waals surface area (Å²) in [4.78, 5) is 55.8. The average molecular weight is 624 g/mol. The summed E-state index contributed by atoms with van der Waals surface area (Å²) in [6.45, 7) is 16.2. The molecule has 0 spiro atoms. The van der Waals surface area contributed by atoms with Crippen LogP contribution in [-0.2, 0) is 30.5 Å². The van der Waals surface area contributed by atoms with E-state index < -0.39 is 35.6 Å². The van der Waals surface area contributed by atoms with Gasteiger partial charge in [-0.1, -0.05) is 83.0 Å². The highest BCUT2D eigenvalue weighted by molar-refractivity contribution is 5.95. The van der Waals surface area contributed by atoms with E-state index in [2.05, 4.69) is 37.6 Å². The number of rotatable bonds is 18. The van der Waals surface area contributed by atoms with E-state index in [1.54, 1.807) is 4.90 Å². The second-order valence-corrected chi connectivity index (χ2v) is 13.7. The van der Waals surface area contributed by atoms with Crippen molar-refractivity contribution >= 4 is 23.9 Å². The van der Waals surface area contributed by atoms with Crippen LogP contribution in [0.3, 0.4) is 0 Å². The normalized spacial score (nSPS) is 21.1. The Morgan fingerprint density at radius 2 is 1.67 bits per heavy atom. The molecule has 9 heteroatoms. The number of likely N-dealkylation sites (tertiary alicyclic amines) is 1. The minimum atomic E-state index is -0.921. The Bertz CT molecular complexity index is 1200. The van der Waals surface area contributed by atoms with Crippen molar-refractivity contribution in [3.8, 4) is 0 Å². The van der Waals surface area contributed by atoms with Crippen molar-refractivity contribution in [3.63, 3.8) is 0 Å². The van der Waals surface area contributed by atoms with E-state index in [0.717, 1.165) is 37.7 Å². The molecule has 1 aromatic rings. The van der Waals surface area contributed by atoms with Crippen molar-refractivity contribution < 1.29 is 28.7 Å². The van der Waals surface area contributed by atoms with E-state index in [-0.39, 0.29) is 35.7 Å². The maximum Gasteiger partial charge on any atom is 0.408 e. The number of fused-ring (bicyclic) bond motifs is 1. The Labute approximate surface area is 269 Å². The Morgan fingerprint density at radius 3 is 2.29 bits per heavy atom. The van der Waals surface area contributed by atoms with Crippen LogP contribution in [-0.4, -0.2) is 60.6 Å². The fourth-order valence-electron chi connectivity index (χ4n) is 6.75. The first kappa shape index (κ1) is 35.9. The smallest absolute Gasteiger partial charge is 0.408 e. The predicted octanol–water partition coefficient (Wildman–Crippen LogP) is 5.94. The van der Waals surface area contributed by atoms with Crippen molar-refractivity contribution in [1.82, 2.24) is 15.5 Å². The highest BCUT2D eigenvalue weighted by atomic mass is 16.5. The Morgan fingerprint density at radius 1 is 1.02 bits per heavy atom. The summed E-state index contributed by atoms with van der Waals surface area (Å²) in [7, 11) is 1.31. The molecule has 248 valence electrons. The Kier molecular flexibility index (Phi) is 12.8. The number of alkyl carbamates (subject to hydrolysis) is 1. The van der Waals surface area contributed by atoms with Gasteiger partial charge in [0.1, 0.15) is 24.7 Å². The molecule has 3 rings (SSSR count). The fraction of sp³-hybridized carbons (Fsp3) is 0.611. The number of amides is 3. The van der Waals surface area contributed by atoms with Gasteiger partial charge in [-0.3, -0.25) is 9.59 Å². The summed E-state index contributed by atoms with van der Waals surface area (Å²) >= 11 is 0. The van der Waals surface area contributed by atoms with E-state index >= 15 is 0 Å². The summed E-state index contributed by atoms with van der Waals surface area (Å²) in [5.41, 5.74) is 0.0800. The second kappa shape index (κ2) is 16.1. The molecule has 3 amide bonds. The van der Waals surface area contributed by atoms with Gasteiger partial charge in [-0.25, -0.2) is 9.59 Å². The third-order valence-corrected chi connectivity index (χ3v) is 9.70. The minimum absolute atomic E-state index is 0.0538. The van der Waals surface area contributed by atoms with E-state index in [0.29, 0.717) is 25.8 Å². The summed E-state index contributed by atoms with van der Waals surface area (Å²) in [5, 5.41) is 5.79. The SMILES string of the molecule is C=CCCCC[C@H](NC(=O)[C@@H]1[C@@H]2C(CN1C(=O)[C@@H](NC(=O)OCc1ccccc1)C(C)(C)CCCCC=C)C2(C)C)C(=O)OC. The average Bonchev–Trinajstić information content (AvgIpc) is 3.33. The van der Waals surface area contributed by atoms with Crippen LogP contribution in [0.25, 0.3) is 0 Å². The monoisotopic (exact) mass is 623 g/mol. The Hall–Kier alpha value is -3.62. The van der Waals surface area contributed by atoms with Crippen LogP contribution in [0, 0.1) is 22.7 Å². The first-order chi connectivity index (χ1) is 21.4. The molecule has 1 aliphatic heterocycles. The number of piperidine rings is 1. The highest BCUT2D eigenvalue weighted by Crippen LogP contribution is 2.65. The van der Waals surface area contributed by atoms with Crippen molar-refractivity contribution in [2.24, 2.45) is 22.7 Å². The molecule has 9 nitrogen and oxygen atoms in total. The van der Waals surface area contributed by atoms with Gasteiger partial charge >= 0.3 is 12.1 Å².